The van der Waals surface area contributed by atoms with Crippen molar-refractivity contribution in [1.29, 1.82) is 0 Å². The van der Waals surface area contributed by atoms with Crippen molar-refractivity contribution in [2.75, 3.05) is 31.9 Å². The van der Waals surface area contributed by atoms with E-state index in [2.05, 4.69) is 5.32 Å². The fourth-order valence-corrected chi connectivity index (χ4v) is 5.08. The van der Waals surface area contributed by atoms with Gasteiger partial charge in [0.25, 0.3) is 0 Å². The van der Waals surface area contributed by atoms with Crippen LogP contribution in [-0.2, 0) is 10.0 Å². The number of fused-ring (bicyclic) bond motifs is 1. The Bertz CT molecular complexity index is 370. The van der Waals surface area contributed by atoms with Crippen molar-refractivity contribution >= 4 is 10.0 Å². The number of hydrogen-bond acceptors (Lipinski definition) is 3. The lowest BCUT2D eigenvalue weighted by Crippen LogP contribution is -2.45. The first-order chi connectivity index (χ1) is 9.13. The zero-order valence-corrected chi connectivity index (χ0v) is 12.9. The molecule has 4 nitrogen and oxygen atoms in total. The van der Waals surface area contributed by atoms with Gasteiger partial charge in [0.1, 0.15) is 0 Å². The van der Waals surface area contributed by atoms with Crippen LogP contribution in [0.2, 0.25) is 0 Å². The Morgan fingerprint density at radius 3 is 2.63 bits per heavy atom. The molecule has 1 heterocycles. The topological polar surface area (TPSA) is 49.4 Å². The second-order valence-electron chi connectivity index (χ2n) is 5.97. The Balaban J connectivity index is 1.83. The molecule has 1 saturated heterocycles. The molecule has 0 bridgehead atoms. The average Bonchev–Trinajstić information content (AvgIpc) is 2.43. The van der Waals surface area contributed by atoms with E-state index in [1.54, 1.807) is 4.31 Å². The first kappa shape index (κ1) is 15.3. The molecule has 0 radical (unpaired) electrons. The molecule has 19 heavy (non-hydrogen) atoms. The van der Waals surface area contributed by atoms with Gasteiger partial charge < -0.3 is 5.32 Å². The maximum absolute atomic E-state index is 12.3. The van der Waals surface area contributed by atoms with Crippen LogP contribution >= 0.6 is 0 Å². The van der Waals surface area contributed by atoms with Crippen LogP contribution in [0.15, 0.2) is 0 Å². The standard InChI is InChI=1S/C14H28N2O2S/c1-2-15-9-5-11-19(17,18)16-10-8-13-6-3-4-7-14(13)12-16/h13-15H,2-12H2,1H3. The molecular formula is C14H28N2O2S. The van der Waals surface area contributed by atoms with Gasteiger partial charge in [0.2, 0.25) is 10.0 Å². The third-order valence-corrected chi connectivity index (χ3v) is 6.58. The Morgan fingerprint density at radius 1 is 1.16 bits per heavy atom. The van der Waals surface area contributed by atoms with Crippen LogP contribution in [-0.4, -0.2) is 44.7 Å². The third-order valence-electron chi connectivity index (χ3n) is 4.65. The van der Waals surface area contributed by atoms with Gasteiger partial charge in [-0.25, -0.2) is 12.7 Å². The maximum Gasteiger partial charge on any atom is 0.214 e. The molecule has 0 aromatic rings. The minimum absolute atomic E-state index is 0.303. The van der Waals surface area contributed by atoms with E-state index < -0.39 is 10.0 Å². The number of nitrogens with zero attached hydrogens (tertiary/aromatic N) is 1. The molecule has 0 aromatic heterocycles. The van der Waals surface area contributed by atoms with Crippen molar-refractivity contribution in [3.05, 3.63) is 0 Å². The van der Waals surface area contributed by atoms with Crippen molar-refractivity contribution in [2.24, 2.45) is 11.8 Å². The lowest BCUT2D eigenvalue weighted by atomic mass is 9.76. The summed E-state index contributed by atoms with van der Waals surface area (Å²) in [5.41, 5.74) is 0. The Morgan fingerprint density at radius 2 is 1.89 bits per heavy atom. The normalized spacial score (nSPS) is 29.1. The van der Waals surface area contributed by atoms with Crippen LogP contribution < -0.4 is 5.32 Å². The predicted molar refractivity (Wildman–Crippen MR) is 78.6 cm³/mol. The summed E-state index contributed by atoms with van der Waals surface area (Å²) in [5.74, 6) is 1.73. The highest BCUT2D eigenvalue weighted by atomic mass is 32.2. The lowest BCUT2D eigenvalue weighted by Gasteiger charge is -2.40. The molecule has 2 fully saturated rings. The largest absolute Gasteiger partial charge is 0.317 e. The Labute approximate surface area is 118 Å². The van der Waals surface area contributed by atoms with E-state index >= 15 is 0 Å². The highest BCUT2D eigenvalue weighted by molar-refractivity contribution is 7.89. The molecule has 1 saturated carbocycles. The van der Waals surface area contributed by atoms with Crippen LogP contribution in [0.1, 0.15) is 45.4 Å². The van der Waals surface area contributed by atoms with Crippen LogP contribution in [0, 0.1) is 11.8 Å². The van der Waals surface area contributed by atoms with Gasteiger partial charge in [-0.1, -0.05) is 26.2 Å². The summed E-state index contributed by atoms with van der Waals surface area (Å²) in [7, 11) is -3.02. The molecule has 2 unspecified atom stereocenters. The van der Waals surface area contributed by atoms with Crippen molar-refractivity contribution < 1.29 is 8.42 Å². The number of hydrogen-bond donors (Lipinski definition) is 1. The first-order valence-corrected chi connectivity index (χ1v) is 9.43. The third kappa shape index (κ3) is 4.17. The predicted octanol–water partition coefficient (Wildman–Crippen LogP) is 1.83. The molecule has 2 aliphatic rings. The molecule has 0 spiro atoms. The average molecular weight is 288 g/mol. The quantitative estimate of drug-likeness (QED) is 0.759. The van der Waals surface area contributed by atoms with E-state index in [4.69, 9.17) is 0 Å². The van der Waals surface area contributed by atoms with Gasteiger partial charge in [0.15, 0.2) is 0 Å². The van der Waals surface area contributed by atoms with E-state index in [-0.39, 0.29) is 0 Å². The van der Waals surface area contributed by atoms with Crippen LogP contribution in [0.25, 0.3) is 0 Å². The van der Waals surface area contributed by atoms with Gasteiger partial charge in [0.05, 0.1) is 5.75 Å². The first-order valence-electron chi connectivity index (χ1n) is 7.82. The van der Waals surface area contributed by atoms with Crippen molar-refractivity contribution in [3.63, 3.8) is 0 Å². The van der Waals surface area contributed by atoms with Gasteiger partial charge in [-0.05, 0) is 44.2 Å². The van der Waals surface area contributed by atoms with E-state index in [9.17, 15) is 8.42 Å². The minimum Gasteiger partial charge on any atom is -0.317 e. The molecular weight excluding hydrogens is 260 g/mol. The molecule has 112 valence electrons. The zero-order chi connectivity index (χ0) is 13.7. The minimum atomic E-state index is -3.02. The van der Waals surface area contributed by atoms with Gasteiger partial charge in [0, 0.05) is 13.1 Å². The maximum atomic E-state index is 12.3. The SMILES string of the molecule is CCNCCCS(=O)(=O)N1CCC2CCCCC2C1. The smallest absolute Gasteiger partial charge is 0.214 e. The second-order valence-corrected chi connectivity index (χ2v) is 8.06. The van der Waals surface area contributed by atoms with Gasteiger partial charge in [-0.15, -0.1) is 0 Å². The summed E-state index contributed by atoms with van der Waals surface area (Å²) in [4.78, 5) is 0. The molecule has 2 atom stereocenters. The summed E-state index contributed by atoms with van der Waals surface area (Å²) in [6.45, 7) is 5.30. The van der Waals surface area contributed by atoms with Crippen LogP contribution in [0.5, 0.6) is 0 Å². The Hall–Kier alpha value is -0.130. The van der Waals surface area contributed by atoms with Gasteiger partial charge in [-0.2, -0.15) is 0 Å². The number of rotatable bonds is 6. The molecule has 1 aliphatic heterocycles. The molecule has 1 N–H and O–H groups in total. The number of piperidine rings is 1. The van der Waals surface area contributed by atoms with Crippen LogP contribution in [0.4, 0.5) is 0 Å². The summed E-state index contributed by atoms with van der Waals surface area (Å²) < 4.78 is 26.4. The molecule has 2 rings (SSSR count). The molecule has 5 heteroatoms. The molecule has 0 aromatic carbocycles. The summed E-state index contributed by atoms with van der Waals surface area (Å²) >= 11 is 0. The van der Waals surface area contributed by atoms with Gasteiger partial charge >= 0.3 is 0 Å². The van der Waals surface area contributed by atoms with Crippen molar-refractivity contribution in [3.8, 4) is 0 Å². The van der Waals surface area contributed by atoms with Crippen molar-refractivity contribution in [1.82, 2.24) is 9.62 Å². The van der Waals surface area contributed by atoms with E-state index in [0.29, 0.717) is 11.7 Å². The summed E-state index contributed by atoms with van der Waals surface area (Å²) in [6, 6.07) is 0. The Kier molecular flexibility index (Phi) is 5.66. The fraction of sp³-hybridized carbons (Fsp3) is 1.00. The van der Waals surface area contributed by atoms with Crippen molar-refractivity contribution in [2.45, 2.75) is 45.4 Å². The summed E-state index contributed by atoms with van der Waals surface area (Å²) in [6.07, 6.45) is 6.98. The summed E-state index contributed by atoms with van der Waals surface area (Å²) in [5, 5.41) is 3.19. The molecule has 1 aliphatic carbocycles. The van der Waals surface area contributed by atoms with E-state index in [1.165, 1.54) is 25.7 Å². The number of sulfonamides is 1. The highest BCUT2D eigenvalue weighted by Gasteiger charge is 2.35. The van der Waals surface area contributed by atoms with Gasteiger partial charge in [-0.3, -0.25) is 0 Å². The highest BCUT2D eigenvalue weighted by Crippen LogP contribution is 2.36. The second kappa shape index (κ2) is 7.04. The fourth-order valence-electron chi connectivity index (χ4n) is 3.51. The van der Waals surface area contributed by atoms with E-state index in [1.807, 2.05) is 6.92 Å². The van der Waals surface area contributed by atoms with Crippen LogP contribution in [0.3, 0.4) is 0 Å². The zero-order valence-electron chi connectivity index (χ0n) is 12.1. The number of nitrogens with one attached hydrogen (secondary N) is 1. The lowest BCUT2D eigenvalue weighted by molar-refractivity contribution is 0.136. The monoisotopic (exact) mass is 288 g/mol. The van der Waals surface area contributed by atoms with E-state index in [0.717, 1.165) is 44.9 Å². The molecule has 0 amide bonds.